The molecule has 1 aromatic carbocycles. The van der Waals surface area contributed by atoms with E-state index in [1.165, 1.54) is 0 Å². The van der Waals surface area contributed by atoms with E-state index in [0.29, 0.717) is 6.07 Å². The number of hydrogen-bond acceptors (Lipinski definition) is 2. The van der Waals surface area contributed by atoms with Gasteiger partial charge in [-0.05, 0) is 29.3 Å². The normalized spacial score (nSPS) is 14.7. The summed E-state index contributed by atoms with van der Waals surface area (Å²) in [6.07, 6.45) is -5.00. The van der Waals surface area contributed by atoms with Crippen LogP contribution in [0.3, 0.4) is 0 Å². The van der Waals surface area contributed by atoms with E-state index in [0.717, 1.165) is 6.07 Å². The molecular weight excluding hydrogens is 286 g/mol. The molecule has 0 radical (unpaired) electrons. The minimum absolute atomic E-state index is 0.232. The first-order valence-corrected chi connectivity index (χ1v) is 4.84. The highest BCUT2D eigenvalue weighted by molar-refractivity contribution is 6.22. The largest absolute Gasteiger partial charge is 0.419 e. The van der Waals surface area contributed by atoms with E-state index in [4.69, 9.17) is 5.84 Å². The van der Waals surface area contributed by atoms with Crippen LogP contribution in [0.2, 0.25) is 0 Å². The van der Waals surface area contributed by atoms with Gasteiger partial charge in [0.05, 0.1) is 5.56 Å². The summed E-state index contributed by atoms with van der Waals surface area (Å²) in [6, 6.07) is -0.673. The van der Waals surface area contributed by atoms with Gasteiger partial charge in [-0.15, -0.1) is 0 Å². The summed E-state index contributed by atoms with van der Waals surface area (Å²) in [5.74, 6) is 3.23. The van der Waals surface area contributed by atoms with E-state index in [2.05, 4.69) is 11.6 Å². The van der Waals surface area contributed by atoms with Crippen LogP contribution in [0.5, 0.6) is 0 Å². The van der Waals surface area contributed by atoms with Crippen molar-refractivity contribution >= 4 is 11.6 Å². The van der Waals surface area contributed by atoms with Gasteiger partial charge in [0, 0.05) is 0 Å². The second kappa shape index (κ2) is 4.94. The lowest BCUT2D eigenvalue weighted by Gasteiger charge is -2.22. The van der Waals surface area contributed by atoms with Crippen LogP contribution in [0.15, 0.2) is 18.2 Å². The summed E-state index contributed by atoms with van der Waals surface area (Å²) in [5, 5.41) is -3.92. The molecule has 1 rings (SSSR count). The van der Waals surface area contributed by atoms with Gasteiger partial charge in [-0.2, -0.15) is 22.0 Å². The van der Waals surface area contributed by atoms with Gasteiger partial charge in [0.15, 0.2) is 0 Å². The fourth-order valence-electron chi connectivity index (χ4n) is 1.32. The van der Waals surface area contributed by atoms with Crippen LogP contribution in [0.4, 0.5) is 26.3 Å². The molecule has 1 aromatic rings. The zero-order valence-corrected chi connectivity index (χ0v) is 9.29. The first-order valence-electron chi connectivity index (χ1n) is 4.47. The SMILES string of the molecule is NNC(c1ccc(F)c(C(F)(F)F)c1)C(F)(F)Cl. The number of nitrogens with one attached hydrogen (secondary N) is 1. The highest BCUT2D eigenvalue weighted by Crippen LogP contribution is 2.38. The van der Waals surface area contributed by atoms with Crippen molar-refractivity contribution in [1.29, 1.82) is 0 Å². The van der Waals surface area contributed by atoms with Gasteiger partial charge in [-0.3, -0.25) is 5.84 Å². The van der Waals surface area contributed by atoms with Crippen molar-refractivity contribution in [3.63, 3.8) is 0 Å². The number of hydrogen-bond donors (Lipinski definition) is 2. The molecular formula is C9H7ClF6N2. The molecule has 3 N–H and O–H groups in total. The second-order valence-corrected chi connectivity index (χ2v) is 3.88. The third-order valence-corrected chi connectivity index (χ3v) is 2.34. The van der Waals surface area contributed by atoms with Crippen LogP contribution < -0.4 is 11.3 Å². The maximum absolute atomic E-state index is 12.9. The van der Waals surface area contributed by atoms with E-state index in [1.807, 2.05) is 0 Å². The Morgan fingerprint density at radius 1 is 1.17 bits per heavy atom. The Balaban J connectivity index is 3.28. The lowest BCUT2D eigenvalue weighted by Crippen LogP contribution is -2.38. The van der Waals surface area contributed by atoms with Crippen LogP contribution >= 0.6 is 11.6 Å². The standard InChI is InChI=1S/C9H7ClF6N2/c10-8(12,13)7(18-17)4-1-2-6(11)5(3-4)9(14,15)16/h1-3,7,18H,17H2. The Kier molecular flexibility index (Phi) is 4.14. The van der Waals surface area contributed by atoms with E-state index in [9.17, 15) is 26.3 Å². The maximum atomic E-state index is 12.9. The fraction of sp³-hybridized carbons (Fsp3) is 0.333. The van der Waals surface area contributed by atoms with Crippen LogP contribution in [0.1, 0.15) is 17.2 Å². The molecule has 0 heterocycles. The maximum Gasteiger partial charge on any atom is 0.419 e. The zero-order valence-electron chi connectivity index (χ0n) is 8.53. The molecule has 0 bridgehead atoms. The van der Waals surface area contributed by atoms with Gasteiger partial charge in [-0.25, -0.2) is 9.82 Å². The minimum Gasteiger partial charge on any atom is -0.271 e. The van der Waals surface area contributed by atoms with Crippen molar-refractivity contribution < 1.29 is 26.3 Å². The average Bonchev–Trinajstić information content (AvgIpc) is 2.17. The number of halogens is 7. The Bertz CT molecular complexity index is 428. The van der Waals surface area contributed by atoms with Crippen molar-refractivity contribution in [2.24, 2.45) is 5.84 Å². The quantitative estimate of drug-likeness (QED) is 0.389. The van der Waals surface area contributed by atoms with Gasteiger partial charge in [0.1, 0.15) is 11.9 Å². The van der Waals surface area contributed by atoms with Crippen LogP contribution in [-0.4, -0.2) is 5.38 Å². The molecule has 0 aliphatic heterocycles. The highest BCUT2D eigenvalue weighted by Gasteiger charge is 2.40. The van der Waals surface area contributed by atoms with Crippen LogP contribution in [-0.2, 0) is 6.18 Å². The molecule has 0 aromatic heterocycles. The summed E-state index contributed by atoms with van der Waals surface area (Å²) in [6.45, 7) is 0. The number of benzene rings is 1. The molecule has 2 nitrogen and oxygen atoms in total. The van der Waals surface area contributed by atoms with Crippen LogP contribution in [0, 0.1) is 5.82 Å². The van der Waals surface area contributed by atoms with Crippen molar-refractivity contribution in [2.45, 2.75) is 17.6 Å². The predicted octanol–water partition coefficient (Wildman–Crippen LogP) is 3.18. The van der Waals surface area contributed by atoms with E-state index >= 15 is 0 Å². The lowest BCUT2D eigenvalue weighted by molar-refractivity contribution is -0.140. The van der Waals surface area contributed by atoms with Crippen molar-refractivity contribution in [1.82, 2.24) is 5.43 Å². The second-order valence-electron chi connectivity index (χ2n) is 3.38. The number of nitrogens with two attached hydrogens (primary N) is 1. The number of rotatable bonds is 3. The molecule has 1 atom stereocenters. The van der Waals surface area contributed by atoms with Gasteiger partial charge < -0.3 is 0 Å². The summed E-state index contributed by atoms with van der Waals surface area (Å²) >= 11 is 4.69. The van der Waals surface area contributed by atoms with E-state index < -0.39 is 34.5 Å². The van der Waals surface area contributed by atoms with Crippen molar-refractivity contribution in [3.05, 3.63) is 35.1 Å². The topological polar surface area (TPSA) is 38.0 Å². The smallest absolute Gasteiger partial charge is 0.271 e. The Hall–Kier alpha value is -0.990. The monoisotopic (exact) mass is 292 g/mol. The highest BCUT2D eigenvalue weighted by atomic mass is 35.5. The lowest BCUT2D eigenvalue weighted by atomic mass is 10.0. The van der Waals surface area contributed by atoms with Crippen molar-refractivity contribution in [3.8, 4) is 0 Å². The summed E-state index contributed by atoms with van der Waals surface area (Å²) < 4.78 is 75.8. The van der Waals surface area contributed by atoms with Gasteiger partial charge in [-0.1, -0.05) is 6.07 Å². The molecule has 0 fully saturated rings. The molecule has 0 saturated heterocycles. The minimum atomic E-state index is -5.00. The molecule has 0 saturated carbocycles. The summed E-state index contributed by atoms with van der Waals surface area (Å²) in [7, 11) is 0. The van der Waals surface area contributed by atoms with E-state index in [1.54, 1.807) is 5.43 Å². The van der Waals surface area contributed by atoms with Gasteiger partial charge >= 0.3 is 11.6 Å². The van der Waals surface area contributed by atoms with Crippen molar-refractivity contribution in [2.75, 3.05) is 0 Å². The molecule has 1 unspecified atom stereocenters. The molecule has 0 amide bonds. The molecule has 0 aliphatic carbocycles. The molecule has 9 heteroatoms. The molecule has 0 aliphatic rings. The Labute approximate surface area is 103 Å². The number of alkyl halides is 6. The molecule has 0 spiro atoms. The van der Waals surface area contributed by atoms with Gasteiger partial charge in [0.25, 0.3) is 0 Å². The summed E-state index contributed by atoms with van der Waals surface area (Å²) in [4.78, 5) is 0. The Morgan fingerprint density at radius 2 is 1.72 bits per heavy atom. The third kappa shape index (κ3) is 3.27. The average molecular weight is 293 g/mol. The Morgan fingerprint density at radius 3 is 2.11 bits per heavy atom. The first kappa shape index (κ1) is 15.1. The first-order chi connectivity index (χ1) is 8.07. The molecule has 18 heavy (non-hydrogen) atoms. The van der Waals surface area contributed by atoms with Crippen LogP contribution in [0.25, 0.3) is 0 Å². The van der Waals surface area contributed by atoms with E-state index in [-0.39, 0.29) is 6.07 Å². The number of hydrazine groups is 1. The summed E-state index contributed by atoms with van der Waals surface area (Å²) in [5.41, 5.74) is -0.658. The zero-order chi connectivity index (χ0) is 14.1. The predicted molar refractivity (Wildman–Crippen MR) is 52.3 cm³/mol. The molecule has 102 valence electrons. The van der Waals surface area contributed by atoms with Gasteiger partial charge in [0.2, 0.25) is 0 Å². The fourth-order valence-corrected chi connectivity index (χ4v) is 1.51. The third-order valence-electron chi connectivity index (χ3n) is 2.12.